The van der Waals surface area contributed by atoms with E-state index >= 15 is 0 Å². The average molecular weight is 317 g/mol. The van der Waals surface area contributed by atoms with Crippen LogP contribution in [0.1, 0.15) is 57.1 Å². The summed E-state index contributed by atoms with van der Waals surface area (Å²) in [6, 6.07) is 6.26. The van der Waals surface area contributed by atoms with Crippen molar-refractivity contribution < 1.29 is 15.0 Å². The molecule has 0 radical (unpaired) electrons. The summed E-state index contributed by atoms with van der Waals surface area (Å²) in [7, 11) is 0. The maximum Gasteiger partial charge on any atom is 0.157 e. The highest BCUT2D eigenvalue weighted by Gasteiger charge is 2.17. The zero-order valence-corrected chi connectivity index (χ0v) is 13.7. The fourth-order valence-corrected chi connectivity index (χ4v) is 3.09. The number of aliphatic hydroxyl groups excluding tert-OH is 1. The number of hydrogen-bond acceptors (Lipinski definition) is 4. The maximum absolute atomic E-state index is 12.0. The Morgan fingerprint density at radius 1 is 1.26 bits per heavy atom. The highest BCUT2D eigenvalue weighted by molar-refractivity contribution is 5.89. The quantitative estimate of drug-likeness (QED) is 0.674. The first-order valence-electron chi connectivity index (χ1n) is 8.48. The summed E-state index contributed by atoms with van der Waals surface area (Å²) in [5.41, 5.74) is 0.727. The molecule has 0 spiro atoms. The fourth-order valence-electron chi connectivity index (χ4n) is 3.09. The topological polar surface area (TPSA) is 69.6 Å². The van der Waals surface area contributed by atoms with Crippen LogP contribution in [0.2, 0.25) is 0 Å². The molecule has 0 aromatic heterocycles. The molecule has 23 heavy (non-hydrogen) atoms. The highest BCUT2D eigenvalue weighted by atomic mass is 16.3. The third kappa shape index (κ3) is 5.71. The van der Waals surface area contributed by atoms with Crippen molar-refractivity contribution in [2.75, 3.05) is 0 Å². The lowest BCUT2D eigenvalue weighted by atomic mass is 9.86. The smallest absolute Gasteiger partial charge is 0.157 e. The Balaban J connectivity index is 1.77. The molecule has 2 rings (SSSR count). The summed E-state index contributed by atoms with van der Waals surface area (Å²) < 4.78 is 0. The Morgan fingerprint density at radius 2 is 1.91 bits per heavy atom. The van der Waals surface area contributed by atoms with Gasteiger partial charge < -0.3 is 15.5 Å². The van der Waals surface area contributed by atoms with Crippen LogP contribution in [0.5, 0.6) is 5.75 Å². The molecule has 4 heteroatoms. The van der Waals surface area contributed by atoms with E-state index in [0.717, 1.165) is 5.56 Å². The summed E-state index contributed by atoms with van der Waals surface area (Å²) >= 11 is 0. The largest absolute Gasteiger partial charge is 0.508 e. The SMILES string of the molecule is CC(N/C=C/C(=O)CC1CCCCC1)C(O)c1ccc(O)cc1. The Hall–Kier alpha value is -1.81. The minimum Gasteiger partial charge on any atom is -0.508 e. The average Bonchev–Trinajstić information content (AvgIpc) is 2.55. The van der Waals surface area contributed by atoms with E-state index in [1.807, 2.05) is 6.92 Å². The van der Waals surface area contributed by atoms with Crippen molar-refractivity contribution in [2.45, 2.75) is 57.6 Å². The van der Waals surface area contributed by atoms with Crippen molar-refractivity contribution >= 4 is 5.78 Å². The van der Waals surface area contributed by atoms with Gasteiger partial charge in [0.1, 0.15) is 5.75 Å². The lowest BCUT2D eigenvalue weighted by Crippen LogP contribution is -2.28. The van der Waals surface area contributed by atoms with E-state index in [4.69, 9.17) is 0 Å². The van der Waals surface area contributed by atoms with Gasteiger partial charge in [-0.25, -0.2) is 0 Å². The van der Waals surface area contributed by atoms with Crippen LogP contribution in [0.25, 0.3) is 0 Å². The molecule has 4 nitrogen and oxygen atoms in total. The maximum atomic E-state index is 12.0. The lowest BCUT2D eigenvalue weighted by Gasteiger charge is -2.20. The molecule has 2 unspecified atom stereocenters. The molecule has 1 saturated carbocycles. The second-order valence-electron chi connectivity index (χ2n) is 6.50. The molecule has 1 aromatic rings. The van der Waals surface area contributed by atoms with E-state index < -0.39 is 6.10 Å². The first-order valence-corrected chi connectivity index (χ1v) is 8.48. The van der Waals surface area contributed by atoms with Gasteiger partial charge in [0.2, 0.25) is 0 Å². The predicted octanol–water partition coefficient (Wildman–Crippen LogP) is 3.46. The lowest BCUT2D eigenvalue weighted by molar-refractivity contribution is -0.115. The van der Waals surface area contributed by atoms with E-state index in [2.05, 4.69) is 5.32 Å². The molecule has 1 aliphatic carbocycles. The third-order valence-electron chi connectivity index (χ3n) is 4.55. The number of nitrogens with one attached hydrogen (secondary N) is 1. The number of carbonyl (C=O) groups excluding carboxylic acids is 1. The van der Waals surface area contributed by atoms with Crippen molar-refractivity contribution in [2.24, 2.45) is 5.92 Å². The minimum atomic E-state index is -0.700. The van der Waals surface area contributed by atoms with Crippen LogP contribution in [0, 0.1) is 5.92 Å². The number of aliphatic hydroxyl groups is 1. The van der Waals surface area contributed by atoms with Crippen molar-refractivity contribution in [1.29, 1.82) is 0 Å². The van der Waals surface area contributed by atoms with Gasteiger partial charge in [0.15, 0.2) is 5.78 Å². The Labute approximate surface area is 138 Å². The van der Waals surface area contributed by atoms with Crippen LogP contribution in [0.3, 0.4) is 0 Å². The van der Waals surface area contributed by atoms with Crippen molar-refractivity contribution in [3.8, 4) is 5.75 Å². The molecule has 0 heterocycles. The third-order valence-corrected chi connectivity index (χ3v) is 4.55. The number of rotatable bonds is 7. The van der Waals surface area contributed by atoms with Gasteiger partial charge in [0.05, 0.1) is 12.1 Å². The summed E-state index contributed by atoms with van der Waals surface area (Å²) in [5, 5.41) is 22.6. The van der Waals surface area contributed by atoms with E-state index in [-0.39, 0.29) is 17.6 Å². The van der Waals surface area contributed by atoms with Crippen molar-refractivity contribution in [3.05, 3.63) is 42.1 Å². The Morgan fingerprint density at radius 3 is 2.57 bits per heavy atom. The van der Waals surface area contributed by atoms with Crippen molar-refractivity contribution in [3.63, 3.8) is 0 Å². The zero-order chi connectivity index (χ0) is 16.7. The van der Waals surface area contributed by atoms with Gasteiger partial charge in [-0.3, -0.25) is 4.79 Å². The molecule has 1 fully saturated rings. The molecule has 0 aliphatic heterocycles. The standard InChI is InChI=1S/C19H27NO3/c1-14(19(23)16-7-9-17(21)10-8-16)20-12-11-18(22)13-15-5-3-2-4-6-15/h7-12,14-15,19-21,23H,2-6,13H2,1H3/b12-11+. The molecule has 1 aromatic carbocycles. The van der Waals surface area contributed by atoms with Gasteiger partial charge >= 0.3 is 0 Å². The second kappa shape index (κ2) is 8.73. The summed E-state index contributed by atoms with van der Waals surface area (Å²) in [6.07, 6.45) is 9.28. The number of benzene rings is 1. The first-order chi connectivity index (χ1) is 11.1. The summed E-state index contributed by atoms with van der Waals surface area (Å²) in [5.74, 6) is 0.867. The van der Waals surface area contributed by atoms with E-state index in [9.17, 15) is 15.0 Å². The molecule has 0 amide bonds. The van der Waals surface area contributed by atoms with Crippen LogP contribution in [0.15, 0.2) is 36.5 Å². The van der Waals surface area contributed by atoms with Gasteiger partial charge in [-0.1, -0.05) is 44.2 Å². The van der Waals surface area contributed by atoms with Crippen LogP contribution in [-0.2, 0) is 4.79 Å². The molecule has 1 aliphatic rings. The van der Waals surface area contributed by atoms with Gasteiger partial charge in [-0.05, 0) is 36.6 Å². The first kappa shape index (κ1) is 17.5. The van der Waals surface area contributed by atoms with E-state index in [1.54, 1.807) is 36.5 Å². The Kier molecular flexibility index (Phi) is 6.66. The van der Waals surface area contributed by atoms with E-state index in [1.165, 1.54) is 32.1 Å². The predicted molar refractivity (Wildman–Crippen MR) is 91.0 cm³/mol. The van der Waals surface area contributed by atoms with Crippen LogP contribution in [-0.4, -0.2) is 22.0 Å². The second-order valence-corrected chi connectivity index (χ2v) is 6.50. The van der Waals surface area contributed by atoms with Crippen LogP contribution < -0.4 is 5.32 Å². The molecule has 0 saturated heterocycles. The molecular weight excluding hydrogens is 290 g/mol. The molecule has 0 bridgehead atoms. The zero-order valence-electron chi connectivity index (χ0n) is 13.7. The number of ketones is 1. The highest BCUT2D eigenvalue weighted by Crippen LogP contribution is 2.26. The summed E-state index contributed by atoms with van der Waals surface area (Å²) in [4.78, 5) is 12.0. The fraction of sp³-hybridized carbons (Fsp3) is 0.526. The van der Waals surface area contributed by atoms with Gasteiger partial charge in [-0.15, -0.1) is 0 Å². The number of aromatic hydroxyl groups is 1. The number of phenolic OH excluding ortho intramolecular Hbond substituents is 1. The molecular formula is C19H27NO3. The van der Waals surface area contributed by atoms with Gasteiger partial charge in [0, 0.05) is 12.6 Å². The van der Waals surface area contributed by atoms with Crippen LogP contribution >= 0.6 is 0 Å². The molecule has 3 N–H and O–H groups in total. The number of phenols is 1. The number of allylic oxidation sites excluding steroid dienone is 1. The van der Waals surface area contributed by atoms with Crippen LogP contribution in [0.4, 0.5) is 0 Å². The normalized spacial score (nSPS) is 18.7. The number of carbonyl (C=O) groups is 1. The van der Waals surface area contributed by atoms with Gasteiger partial charge in [0.25, 0.3) is 0 Å². The van der Waals surface area contributed by atoms with Gasteiger partial charge in [-0.2, -0.15) is 0 Å². The van der Waals surface area contributed by atoms with Crippen molar-refractivity contribution in [1.82, 2.24) is 5.32 Å². The monoisotopic (exact) mass is 317 g/mol. The van der Waals surface area contributed by atoms with E-state index in [0.29, 0.717) is 12.3 Å². The molecule has 2 atom stereocenters. The molecule has 126 valence electrons. The minimum absolute atomic E-state index is 0.149. The number of hydrogen-bond donors (Lipinski definition) is 3. The Bertz CT molecular complexity index is 518. The summed E-state index contributed by atoms with van der Waals surface area (Å²) in [6.45, 7) is 1.85.